The van der Waals surface area contributed by atoms with E-state index in [1.165, 1.54) is 19.5 Å². The highest BCUT2D eigenvalue weighted by Crippen LogP contribution is 2.34. The van der Waals surface area contributed by atoms with Gasteiger partial charge < -0.3 is 19.3 Å². The molecule has 150 valence electrons. The molecule has 0 aliphatic rings. The van der Waals surface area contributed by atoms with Crippen LogP contribution in [0.25, 0.3) is 5.57 Å². The Morgan fingerprint density at radius 1 is 1.03 bits per heavy atom. The van der Waals surface area contributed by atoms with Crippen molar-refractivity contribution in [3.63, 3.8) is 0 Å². The van der Waals surface area contributed by atoms with E-state index in [0.717, 1.165) is 0 Å². The first-order chi connectivity index (χ1) is 14.5. The van der Waals surface area contributed by atoms with Gasteiger partial charge in [0.2, 0.25) is 11.8 Å². The van der Waals surface area contributed by atoms with E-state index in [2.05, 4.69) is 9.97 Å². The van der Waals surface area contributed by atoms with Crippen LogP contribution in [-0.2, 0) is 9.53 Å². The van der Waals surface area contributed by atoms with Crippen molar-refractivity contribution >= 4 is 34.1 Å². The van der Waals surface area contributed by atoms with Crippen LogP contribution in [0.15, 0.2) is 64.7 Å². The minimum atomic E-state index is -1.16. The second-order valence-corrected chi connectivity index (χ2v) is 6.64. The number of aromatic nitrogens is 2. The number of ether oxygens (including phenoxy) is 3. The van der Waals surface area contributed by atoms with Gasteiger partial charge in [-0.3, -0.25) is 0 Å². The Balaban J connectivity index is 1.93. The molecule has 3 aromatic rings. The molecule has 0 saturated heterocycles. The Hall–Kier alpha value is -3.65. The van der Waals surface area contributed by atoms with Gasteiger partial charge in [0.05, 0.1) is 18.7 Å². The molecule has 0 atom stereocenters. The minimum absolute atomic E-state index is 0.0397. The van der Waals surface area contributed by atoms with Gasteiger partial charge in [0.1, 0.15) is 29.5 Å². The summed E-state index contributed by atoms with van der Waals surface area (Å²) in [6, 6.07) is 16.8. The quantitative estimate of drug-likeness (QED) is 0.272. The molecule has 0 spiro atoms. The van der Waals surface area contributed by atoms with Crippen molar-refractivity contribution in [1.82, 2.24) is 9.97 Å². The van der Waals surface area contributed by atoms with Gasteiger partial charge in [-0.05, 0) is 40.8 Å². The maximum atomic E-state index is 11.8. The number of methoxy groups -OCH3 is 1. The topological polar surface area (TPSA) is 115 Å². The van der Waals surface area contributed by atoms with Crippen molar-refractivity contribution in [2.45, 2.75) is 0 Å². The molecule has 0 bridgehead atoms. The van der Waals surface area contributed by atoms with Crippen LogP contribution in [0.3, 0.4) is 0 Å². The van der Waals surface area contributed by atoms with Crippen LogP contribution in [0.4, 0.5) is 0 Å². The zero-order chi connectivity index (χ0) is 21.5. The molecule has 3 rings (SSSR count). The van der Waals surface area contributed by atoms with Crippen LogP contribution >= 0.6 is 22.6 Å². The van der Waals surface area contributed by atoms with E-state index in [-0.39, 0.29) is 26.8 Å². The van der Waals surface area contributed by atoms with Crippen molar-refractivity contribution in [3.05, 3.63) is 75.8 Å². The molecule has 9 heteroatoms. The van der Waals surface area contributed by atoms with Gasteiger partial charge >= 0.3 is 5.97 Å². The smallest absolute Gasteiger partial charge is 0.340 e. The number of aliphatic carboxylic acids is 1. The molecular weight excluding hydrogens is 501 g/mol. The summed E-state index contributed by atoms with van der Waals surface area (Å²) in [5.41, 5.74) is 0.642. The number of carboxylic acid groups (broad SMARTS) is 1. The first-order valence-electron chi connectivity index (χ1n) is 8.46. The Labute approximate surface area is 185 Å². The zero-order valence-corrected chi connectivity index (χ0v) is 17.7. The molecular formula is C21H14IN3O5. The summed E-state index contributed by atoms with van der Waals surface area (Å²) in [5, 5.41) is 18.8. The number of carboxylic acids is 1. The third-order valence-corrected chi connectivity index (χ3v) is 4.78. The van der Waals surface area contributed by atoms with Crippen LogP contribution in [0.2, 0.25) is 0 Å². The van der Waals surface area contributed by atoms with E-state index in [0.29, 0.717) is 16.9 Å². The third-order valence-electron chi connectivity index (χ3n) is 3.80. The zero-order valence-electron chi connectivity index (χ0n) is 15.6. The molecule has 0 aliphatic carbocycles. The standard InChI is InChI=1S/C21H14IN3O5/c1-28-20(22)19(21(26)27)14-7-3-5-9-16(14)30-18-10-17(24-12-25-18)29-15-8-4-2-6-13(15)11-23/h2-10,12H,1H3,(H,26,27). The summed E-state index contributed by atoms with van der Waals surface area (Å²) in [7, 11) is 1.39. The van der Waals surface area contributed by atoms with Gasteiger partial charge in [-0.25, -0.2) is 14.8 Å². The molecule has 0 fully saturated rings. The Morgan fingerprint density at radius 2 is 1.63 bits per heavy atom. The number of nitriles is 1. The predicted molar refractivity (Wildman–Crippen MR) is 115 cm³/mol. The minimum Gasteiger partial charge on any atom is -0.490 e. The van der Waals surface area contributed by atoms with E-state index < -0.39 is 5.97 Å². The van der Waals surface area contributed by atoms with Crippen molar-refractivity contribution < 1.29 is 24.1 Å². The molecule has 0 aliphatic heterocycles. The monoisotopic (exact) mass is 515 g/mol. The van der Waals surface area contributed by atoms with E-state index in [1.54, 1.807) is 48.5 Å². The lowest BCUT2D eigenvalue weighted by molar-refractivity contribution is -0.130. The molecule has 30 heavy (non-hydrogen) atoms. The fourth-order valence-corrected chi connectivity index (χ4v) is 3.00. The fourth-order valence-electron chi connectivity index (χ4n) is 2.48. The highest BCUT2D eigenvalue weighted by atomic mass is 127. The van der Waals surface area contributed by atoms with E-state index in [1.807, 2.05) is 28.7 Å². The molecule has 0 amide bonds. The number of benzene rings is 2. The van der Waals surface area contributed by atoms with Crippen LogP contribution in [0.1, 0.15) is 11.1 Å². The summed E-state index contributed by atoms with van der Waals surface area (Å²) < 4.78 is 16.8. The molecule has 2 aromatic carbocycles. The number of rotatable bonds is 7. The van der Waals surface area contributed by atoms with Crippen molar-refractivity contribution in [2.24, 2.45) is 0 Å². The first-order valence-corrected chi connectivity index (χ1v) is 9.54. The lowest BCUT2D eigenvalue weighted by Crippen LogP contribution is -2.04. The van der Waals surface area contributed by atoms with Crippen molar-refractivity contribution in [1.29, 1.82) is 5.26 Å². The largest absolute Gasteiger partial charge is 0.490 e. The number of nitrogens with zero attached hydrogens (tertiary/aromatic N) is 3. The first kappa shape index (κ1) is 21.1. The summed E-state index contributed by atoms with van der Waals surface area (Å²) in [6.07, 6.45) is 1.25. The molecule has 0 radical (unpaired) electrons. The van der Waals surface area contributed by atoms with Gasteiger partial charge in [-0.1, -0.05) is 30.3 Å². The highest BCUT2D eigenvalue weighted by Gasteiger charge is 2.21. The third kappa shape index (κ3) is 4.84. The second kappa shape index (κ2) is 9.71. The van der Waals surface area contributed by atoms with Gasteiger partial charge in [-0.2, -0.15) is 5.26 Å². The van der Waals surface area contributed by atoms with E-state index in [4.69, 9.17) is 14.2 Å². The average Bonchev–Trinajstić information content (AvgIpc) is 2.75. The molecule has 1 aromatic heterocycles. The SMILES string of the molecule is COC(I)=C(C(=O)O)c1ccccc1Oc1cc(Oc2ccccc2C#N)ncn1. The molecule has 0 saturated carbocycles. The van der Waals surface area contributed by atoms with E-state index in [9.17, 15) is 15.2 Å². The maximum Gasteiger partial charge on any atom is 0.340 e. The second-order valence-electron chi connectivity index (χ2n) is 5.66. The Morgan fingerprint density at radius 3 is 2.27 bits per heavy atom. The predicted octanol–water partition coefficient (Wildman–Crippen LogP) is 4.77. The number of halogens is 1. The average molecular weight is 515 g/mol. The van der Waals surface area contributed by atoms with Gasteiger partial charge in [0, 0.05) is 5.56 Å². The normalized spacial score (nSPS) is 11.1. The summed E-state index contributed by atoms with van der Waals surface area (Å²) in [5.74, 6) is -0.240. The van der Waals surface area contributed by atoms with Crippen LogP contribution in [0, 0.1) is 11.3 Å². The Bertz CT molecular complexity index is 1160. The fraction of sp³-hybridized carbons (Fsp3) is 0.0476. The van der Waals surface area contributed by atoms with Gasteiger partial charge in [-0.15, -0.1) is 0 Å². The highest BCUT2D eigenvalue weighted by molar-refractivity contribution is 14.1. The maximum absolute atomic E-state index is 11.8. The summed E-state index contributed by atoms with van der Waals surface area (Å²) in [4.78, 5) is 19.8. The number of hydrogen-bond acceptors (Lipinski definition) is 7. The van der Waals surface area contributed by atoms with Crippen LogP contribution in [0.5, 0.6) is 23.3 Å². The lowest BCUT2D eigenvalue weighted by atomic mass is 10.1. The van der Waals surface area contributed by atoms with Crippen LogP contribution in [-0.4, -0.2) is 28.2 Å². The van der Waals surface area contributed by atoms with Gasteiger partial charge in [0.15, 0.2) is 3.77 Å². The van der Waals surface area contributed by atoms with Crippen LogP contribution < -0.4 is 9.47 Å². The number of hydrogen-bond donors (Lipinski definition) is 1. The molecule has 8 nitrogen and oxygen atoms in total. The molecule has 1 N–H and O–H groups in total. The lowest BCUT2D eigenvalue weighted by Gasteiger charge is -2.13. The molecule has 0 unspecified atom stereocenters. The number of carbonyl (C=O) groups is 1. The van der Waals surface area contributed by atoms with Crippen molar-refractivity contribution in [3.8, 4) is 29.3 Å². The molecule has 1 heterocycles. The van der Waals surface area contributed by atoms with Crippen molar-refractivity contribution in [2.75, 3.05) is 7.11 Å². The summed E-state index contributed by atoms with van der Waals surface area (Å²) >= 11 is 1.81. The van der Waals surface area contributed by atoms with E-state index >= 15 is 0 Å². The number of para-hydroxylation sites is 2. The summed E-state index contributed by atoms with van der Waals surface area (Å²) in [6.45, 7) is 0. The van der Waals surface area contributed by atoms with Gasteiger partial charge in [0.25, 0.3) is 0 Å². The Kier molecular flexibility index (Phi) is 6.82.